The smallest absolute Gasteiger partial charge is 0.218 e. The lowest BCUT2D eigenvalue weighted by Crippen LogP contribution is -2.28. The molecule has 14 heavy (non-hydrogen) atoms. The number of nitrogen functional groups attached to an aromatic ring is 1. The minimum Gasteiger partial charge on any atom is -0.368 e. The first-order valence-corrected chi connectivity index (χ1v) is 5.12. The molecule has 0 unspecified atom stereocenters. The monoisotopic (exact) mass is 195 g/mol. The fourth-order valence-corrected chi connectivity index (χ4v) is 1.88. The lowest BCUT2D eigenvalue weighted by atomic mass is 9.94. The second kappa shape index (κ2) is 3.96. The lowest BCUT2D eigenvalue weighted by molar-refractivity contribution is 0.367. The highest BCUT2D eigenvalue weighted by Gasteiger charge is 2.16. The minimum absolute atomic E-state index is 0.508. The standard InChI is InChI=1S/C9H17N5/c1-14-9(10)12-8(13-14)6-7-2-4-11-5-3-7/h7,11H,2-6H2,1H3,(H2,10,12,13). The molecule has 1 saturated heterocycles. The summed E-state index contributed by atoms with van der Waals surface area (Å²) >= 11 is 0. The van der Waals surface area contributed by atoms with Gasteiger partial charge in [-0.2, -0.15) is 10.1 Å². The summed E-state index contributed by atoms with van der Waals surface area (Å²) in [7, 11) is 1.83. The van der Waals surface area contributed by atoms with Crippen molar-refractivity contribution in [1.29, 1.82) is 0 Å². The van der Waals surface area contributed by atoms with E-state index in [1.165, 1.54) is 12.8 Å². The van der Waals surface area contributed by atoms with Crippen molar-refractivity contribution in [1.82, 2.24) is 20.1 Å². The van der Waals surface area contributed by atoms with Crippen LogP contribution in [0.1, 0.15) is 18.7 Å². The SMILES string of the molecule is Cn1nc(CC2CCNCC2)nc1N. The molecule has 1 aromatic rings. The topological polar surface area (TPSA) is 68.8 Å². The number of hydrogen-bond donors (Lipinski definition) is 2. The average Bonchev–Trinajstić information content (AvgIpc) is 2.47. The Morgan fingerprint density at radius 3 is 2.79 bits per heavy atom. The van der Waals surface area contributed by atoms with Crippen LogP contribution in [-0.2, 0) is 13.5 Å². The lowest BCUT2D eigenvalue weighted by Gasteiger charge is -2.20. The number of anilines is 1. The first-order valence-electron chi connectivity index (χ1n) is 5.12. The van der Waals surface area contributed by atoms with Crippen molar-refractivity contribution in [2.75, 3.05) is 18.8 Å². The highest BCUT2D eigenvalue weighted by Crippen LogP contribution is 2.16. The fraction of sp³-hybridized carbons (Fsp3) is 0.778. The van der Waals surface area contributed by atoms with E-state index in [9.17, 15) is 0 Å². The maximum atomic E-state index is 5.62. The molecule has 0 radical (unpaired) electrons. The largest absolute Gasteiger partial charge is 0.368 e. The molecule has 0 amide bonds. The van der Waals surface area contributed by atoms with Gasteiger partial charge in [-0.05, 0) is 31.8 Å². The third-order valence-corrected chi connectivity index (χ3v) is 2.77. The van der Waals surface area contributed by atoms with Gasteiger partial charge in [-0.25, -0.2) is 4.68 Å². The highest BCUT2D eigenvalue weighted by molar-refractivity contribution is 5.15. The van der Waals surface area contributed by atoms with Crippen molar-refractivity contribution in [2.24, 2.45) is 13.0 Å². The normalized spacial score (nSPS) is 18.6. The van der Waals surface area contributed by atoms with Crippen LogP contribution in [0, 0.1) is 5.92 Å². The number of rotatable bonds is 2. The molecule has 0 bridgehead atoms. The molecule has 1 aliphatic heterocycles. The van der Waals surface area contributed by atoms with Crippen LogP contribution >= 0.6 is 0 Å². The molecule has 3 N–H and O–H groups in total. The van der Waals surface area contributed by atoms with Crippen molar-refractivity contribution in [3.63, 3.8) is 0 Å². The van der Waals surface area contributed by atoms with Crippen molar-refractivity contribution >= 4 is 5.95 Å². The Morgan fingerprint density at radius 2 is 2.21 bits per heavy atom. The zero-order valence-electron chi connectivity index (χ0n) is 8.53. The maximum absolute atomic E-state index is 5.62. The predicted octanol–water partition coefficient (Wildman–Crippen LogP) is -0.0606. The quantitative estimate of drug-likeness (QED) is 0.693. The van der Waals surface area contributed by atoms with E-state index in [2.05, 4.69) is 15.4 Å². The third kappa shape index (κ3) is 2.04. The molecular weight excluding hydrogens is 178 g/mol. The molecule has 78 valence electrons. The summed E-state index contributed by atoms with van der Waals surface area (Å²) in [6.07, 6.45) is 3.41. The van der Waals surface area contributed by atoms with Gasteiger partial charge in [0.05, 0.1) is 0 Å². The van der Waals surface area contributed by atoms with E-state index >= 15 is 0 Å². The Morgan fingerprint density at radius 1 is 1.50 bits per heavy atom. The second-order valence-corrected chi connectivity index (χ2v) is 3.91. The third-order valence-electron chi connectivity index (χ3n) is 2.77. The summed E-state index contributed by atoms with van der Waals surface area (Å²) in [5.41, 5.74) is 5.62. The molecule has 1 aliphatic rings. The maximum Gasteiger partial charge on any atom is 0.218 e. The summed E-state index contributed by atoms with van der Waals surface area (Å²) < 4.78 is 1.64. The Kier molecular flexibility index (Phi) is 2.67. The molecule has 0 spiro atoms. The molecule has 5 heteroatoms. The predicted molar refractivity (Wildman–Crippen MR) is 54.7 cm³/mol. The number of nitrogens with zero attached hydrogens (tertiary/aromatic N) is 3. The summed E-state index contributed by atoms with van der Waals surface area (Å²) in [6.45, 7) is 2.24. The van der Waals surface area contributed by atoms with Gasteiger partial charge in [0.1, 0.15) is 0 Å². The van der Waals surface area contributed by atoms with Gasteiger partial charge in [-0.1, -0.05) is 0 Å². The number of hydrogen-bond acceptors (Lipinski definition) is 4. The van der Waals surface area contributed by atoms with Crippen LogP contribution in [0.2, 0.25) is 0 Å². The number of aromatic nitrogens is 3. The van der Waals surface area contributed by atoms with Crippen LogP contribution in [-0.4, -0.2) is 27.9 Å². The van der Waals surface area contributed by atoms with Gasteiger partial charge in [0.25, 0.3) is 0 Å². The van der Waals surface area contributed by atoms with E-state index in [0.29, 0.717) is 5.95 Å². The first-order chi connectivity index (χ1) is 6.75. The zero-order valence-corrected chi connectivity index (χ0v) is 8.53. The Hall–Kier alpha value is -1.10. The Labute approximate surface area is 83.7 Å². The van der Waals surface area contributed by atoms with Crippen LogP contribution in [0.4, 0.5) is 5.95 Å². The van der Waals surface area contributed by atoms with Crippen molar-refractivity contribution in [3.05, 3.63) is 5.82 Å². The zero-order chi connectivity index (χ0) is 9.97. The van der Waals surface area contributed by atoms with Crippen molar-refractivity contribution < 1.29 is 0 Å². The number of nitrogens with one attached hydrogen (secondary N) is 1. The summed E-state index contributed by atoms with van der Waals surface area (Å²) in [5, 5.41) is 7.61. The molecule has 2 heterocycles. The second-order valence-electron chi connectivity index (χ2n) is 3.91. The van der Waals surface area contributed by atoms with Gasteiger partial charge in [-0.15, -0.1) is 0 Å². The van der Waals surface area contributed by atoms with Crippen molar-refractivity contribution in [2.45, 2.75) is 19.3 Å². The average molecular weight is 195 g/mol. The van der Waals surface area contributed by atoms with Gasteiger partial charge in [0.2, 0.25) is 5.95 Å². The molecule has 5 nitrogen and oxygen atoms in total. The highest BCUT2D eigenvalue weighted by atomic mass is 15.4. The van der Waals surface area contributed by atoms with E-state index in [4.69, 9.17) is 5.73 Å². The molecule has 0 aromatic carbocycles. The van der Waals surface area contributed by atoms with Crippen LogP contribution in [0.25, 0.3) is 0 Å². The molecule has 1 aromatic heterocycles. The number of aryl methyl sites for hydroxylation is 1. The summed E-state index contributed by atoms with van der Waals surface area (Å²) in [5.74, 6) is 2.11. The molecule has 1 fully saturated rings. The molecular formula is C9H17N5. The molecule has 0 atom stereocenters. The molecule has 0 saturated carbocycles. The number of nitrogens with two attached hydrogens (primary N) is 1. The van der Waals surface area contributed by atoms with E-state index in [1.54, 1.807) is 4.68 Å². The van der Waals surface area contributed by atoms with E-state index in [-0.39, 0.29) is 0 Å². The van der Waals surface area contributed by atoms with Gasteiger partial charge in [-0.3, -0.25) is 0 Å². The summed E-state index contributed by atoms with van der Waals surface area (Å²) in [4.78, 5) is 4.21. The van der Waals surface area contributed by atoms with Gasteiger partial charge >= 0.3 is 0 Å². The van der Waals surface area contributed by atoms with Crippen LogP contribution in [0.3, 0.4) is 0 Å². The van der Waals surface area contributed by atoms with Gasteiger partial charge in [0, 0.05) is 13.5 Å². The van der Waals surface area contributed by atoms with Gasteiger partial charge in [0.15, 0.2) is 5.82 Å². The molecule has 0 aliphatic carbocycles. The van der Waals surface area contributed by atoms with Crippen molar-refractivity contribution in [3.8, 4) is 0 Å². The fourth-order valence-electron chi connectivity index (χ4n) is 1.88. The van der Waals surface area contributed by atoms with E-state index in [1.807, 2.05) is 7.05 Å². The minimum atomic E-state index is 0.508. The van der Waals surface area contributed by atoms with E-state index in [0.717, 1.165) is 31.3 Å². The molecule has 2 rings (SSSR count). The Balaban J connectivity index is 1.95. The van der Waals surface area contributed by atoms with Crippen LogP contribution < -0.4 is 11.1 Å². The number of piperidine rings is 1. The van der Waals surface area contributed by atoms with Crippen LogP contribution in [0.15, 0.2) is 0 Å². The summed E-state index contributed by atoms with van der Waals surface area (Å²) in [6, 6.07) is 0. The van der Waals surface area contributed by atoms with Crippen LogP contribution in [0.5, 0.6) is 0 Å². The van der Waals surface area contributed by atoms with E-state index < -0.39 is 0 Å². The first kappa shape index (κ1) is 9.45. The Bertz CT molecular complexity index is 281. The van der Waals surface area contributed by atoms with Gasteiger partial charge < -0.3 is 11.1 Å².